The van der Waals surface area contributed by atoms with Crippen molar-refractivity contribution in [2.75, 3.05) is 0 Å². The summed E-state index contributed by atoms with van der Waals surface area (Å²) in [6.07, 6.45) is 7.93. The van der Waals surface area contributed by atoms with Crippen LogP contribution < -0.4 is 0 Å². The highest BCUT2D eigenvalue weighted by atomic mass is 14.6. The van der Waals surface area contributed by atoms with Gasteiger partial charge >= 0.3 is 0 Å². The molecule has 23 heavy (non-hydrogen) atoms. The van der Waals surface area contributed by atoms with Gasteiger partial charge in [-0.25, -0.2) is 0 Å². The van der Waals surface area contributed by atoms with Crippen molar-refractivity contribution in [3.63, 3.8) is 0 Å². The molecule has 1 aromatic heterocycles. The van der Waals surface area contributed by atoms with E-state index in [4.69, 9.17) is 0 Å². The predicted molar refractivity (Wildman–Crippen MR) is 99.0 cm³/mol. The van der Waals surface area contributed by atoms with E-state index < -0.39 is 0 Å². The van der Waals surface area contributed by atoms with Crippen molar-refractivity contribution >= 4 is 10.9 Å². The summed E-state index contributed by atoms with van der Waals surface area (Å²) in [5, 5.41) is 1.23. The monoisotopic (exact) mass is 303 g/mol. The first-order valence-corrected chi connectivity index (χ1v) is 8.68. The van der Waals surface area contributed by atoms with Crippen LogP contribution in [0.5, 0.6) is 0 Å². The number of nitrogens with zero attached hydrogens (tertiary/aromatic N) is 1. The smallest absolute Gasteiger partial charge is 0.0737 e. The maximum Gasteiger partial charge on any atom is 0.0737 e. The molecule has 0 radical (unpaired) electrons. The number of unbranched alkanes of at least 4 members (excludes halogenated alkanes) is 2. The van der Waals surface area contributed by atoms with Gasteiger partial charge in [0.2, 0.25) is 0 Å². The quantitative estimate of drug-likeness (QED) is 0.519. The Hall–Kier alpha value is -2.15. The molecule has 118 valence electrons. The van der Waals surface area contributed by atoms with E-state index in [0.717, 1.165) is 11.9 Å². The fourth-order valence-corrected chi connectivity index (χ4v) is 3.19. The van der Waals surface area contributed by atoms with Crippen LogP contribution in [0.15, 0.2) is 54.7 Å². The zero-order valence-electron chi connectivity index (χ0n) is 14.2. The van der Waals surface area contributed by atoms with Crippen molar-refractivity contribution in [2.24, 2.45) is 0 Å². The molecule has 3 rings (SSSR count). The zero-order valence-corrected chi connectivity index (χ0v) is 14.2. The molecular formula is C22H25N. The van der Waals surface area contributed by atoms with Crippen molar-refractivity contribution in [2.45, 2.75) is 46.0 Å². The third-order valence-corrected chi connectivity index (χ3v) is 4.41. The second-order valence-corrected chi connectivity index (χ2v) is 6.45. The molecular weight excluding hydrogens is 278 g/mol. The molecule has 1 heteroatoms. The maximum absolute atomic E-state index is 4.59. The minimum Gasteiger partial charge on any atom is -0.256 e. The lowest BCUT2D eigenvalue weighted by atomic mass is 9.98. The Kier molecular flexibility index (Phi) is 5.07. The number of rotatable bonds is 6. The van der Waals surface area contributed by atoms with Gasteiger partial charge < -0.3 is 0 Å². The van der Waals surface area contributed by atoms with Crippen molar-refractivity contribution < 1.29 is 0 Å². The zero-order chi connectivity index (χ0) is 16.1. The SMILES string of the molecule is CCCCCc1ccc(Cc2cc(C)cc3cccnc23)cc1. The number of aromatic nitrogens is 1. The Morgan fingerprint density at radius 2 is 1.70 bits per heavy atom. The van der Waals surface area contributed by atoms with Gasteiger partial charge in [-0.05, 0) is 55.0 Å². The lowest BCUT2D eigenvalue weighted by Crippen LogP contribution is -1.94. The summed E-state index contributed by atoms with van der Waals surface area (Å²) >= 11 is 0. The van der Waals surface area contributed by atoms with Crippen LogP contribution in [0.4, 0.5) is 0 Å². The normalized spacial score (nSPS) is 11.0. The topological polar surface area (TPSA) is 12.9 Å². The van der Waals surface area contributed by atoms with Gasteiger partial charge in [0, 0.05) is 11.6 Å². The highest BCUT2D eigenvalue weighted by Gasteiger charge is 2.05. The number of pyridine rings is 1. The minimum atomic E-state index is 0.949. The summed E-state index contributed by atoms with van der Waals surface area (Å²) in [5.41, 5.74) is 6.57. The molecule has 3 aromatic rings. The summed E-state index contributed by atoms with van der Waals surface area (Å²) in [6.45, 7) is 4.41. The molecule has 0 spiro atoms. The van der Waals surface area contributed by atoms with E-state index in [-0.39, 0.29) is 0 Å². The van der Waals surface area contributed by atoms with E-state index in [1.165, 1.54) is 53.3 Å². The minimum absolute atomic E-state index is 0.949. The van der Waals surface area contributed by atoms with Crippen LogP contribution in [0.1, 0.15) is 48.4 Å². The van der Waals surface area contributed by atoms with E-state index in [1.54, 1.807) is 0 Å². The molecule has 0 N–H and O–H groups in total. The van der Waals surface area contributed by atoms with Crippen LogP contribution in [0.25, 0.3) is 10.9 Å². The van der Waals surface area contributed by atoms with Gasteiger partial charge in [-0.1, -0.05) is 61.7 Å². The fourth-order valence-electron chi connectivity index (χ4n) is 3.19. The summed E-state index contributed by atoms with van der Waals surface area (Å²) in [6, 6.07) is 17.8. The van der Waals surface area contributed by atoms with Gasteiger partial charge in [-0.3, -0.25) is 4.98 Å². The molecule has 2 aromatic carbocycles. The highest BCUT2D eigenvalue weighted by molar-refractivity contribution is 5.82. The predicted octanol–water partition coefficient (Wildman–Crippen LogP) is 5.87. The van der Waals surface area contributed by atoms with Gasteiger partial charge in [-0.2, -0.15) is 0 Å². The van der Waals surface area contributed by atoms with E-state index in [2.05, 4.69) is 61.3 Å². The van der Waals surface area contributed by atoms with Crippen LogP contribution >= 0.6 is 0 Å². The first-order chi connectivity index (χ1) is 11.3. The molecule has 0 aliphatic rings. The molecule has 0 bridgehead atoms. The van der Waals surface area contributed by atoms with Gasteiger partial charge in [-0.15, -0.1) is 0 Å². The molecule has 0 saturated carbocycles. The van der Waals surface area contributed by atoms with Crippen LogP contribution in [0.2, 0.25) is 0 Å². The Morgan fingerprint density at radius 3 is 2.48 bits per heavy atom. The standard InChI is InChI=1S/C22H25N/c1-3-4-5-7-18-9-11-19(12-10-18)16-21-15-17(2)14-20-8-6-13-23-22(20)21/h6,8-15H,3-5,7,16H2,1-2H3. The first-order valence-electron chi connectivity index (χ1n) is 8.68. The number of hydrogen-bond donors (Lipinski definition) is 0. The van der Waals surface area contributed by atoms with E-state index >= 15 is 0 Å². The van der Waals surface area contributed by atoms with Crippen LogP contribution in [0.3, 0.4) is 0 Å². The average molecular weight is 303 g/mol. The van der Waals surface area contributed by atoms with Crippen molar-refractivity contribution in [3.8, 4) is 0 Å². The molecule has 0 fully saturated rings. The number of hydrogen-bond acceptors (Lipinski definition) is 1. The van der Waals surface area contributed by atoms with E-state index in [1.807, 2.05) is 12.3 Å². The van der Waals surface area contributed by atoms with Gasteiger partial charge in [0.1, 0.15) is 0 Å². The Morgan fingerprint density at radius 1 is 0.913 bits per heavy atom. The number of benzene rings is 2. The average Bonchev–Trinajstić information content (AvgIpc) is 2.56. The Balaban J connectivity index is 1.79. The molecule has 1 nitrogen and oxygen atoms in total. The number of fused-ring (bicyclic) bond motifs is 1. The lowest BCUT2D eigenvalue weighted by Gasteiger charge is -2.09. The molecule has 0 aliphatic carbocycles. The van der Waals surface area contributed by atoms with Gasteiger partial charge in [0.25, 0.3) is 0 Å². The molecule has 0 unspecified atom stereocenters. The summed E-state index contributed by atoms with van der Waals surface area (Å²) in [5.74, 6) is 0. The third-order valence-electron chi connectivity index (χ3n) is 4.41. The van der Waals surface area contributed by atoms with Crippen molar-refractivity contribution in [1.82, 2.24) is 4.98 Å². The van der Waals surface area contributed by atoms with E-state index in [0.29, 0.717) is 0 Å². The Labute approximate surface area is 139 Å². The lowest BCUT2D eigenvalue weighted by molar-refractivity contribution is 0.717. The highest BCUT2D eigenvalue weighted by Crippen LogP contribution is 2.22. The summed E-state index contributed by atoms with van der Waals surface area (Å²) < 4.78 is 0. The fraction of sp³-hybridized carbons (Fsp3) is 0.318. The Bertz CT molecular complexity index is 772. The number of aryl methyl sites for hydroxylation is 2. The van der Waals surface area contributed by atoms with E-state index in [9.17, 15) is 0 Å². The molecule has 0 saturated heterocycles. The molecule has 0 amide bonds. The molecule has 0 aliphatic heterocycles. The largest absolute Gasteiger partial charge is 0.256 e. The van der Waals surface area contributed by atoms with Gasteiger partial charge in [0.05, 0.1) is 5.52 Å². The van der Waals surface area contributed by atoms with Crippen molar-refractivity contribution in [3.05, 3.63) is 77.0 Å². The molecule has 0 atom stereocenters. The third kappa shape index (κ3) is 3.98. The maximum atomic E-state index is 4.59. The summed E-state index contributed by atoms with van der Waals surface area (Å²) in [4.78, 5) is 4.59. The van der Waals surface area contributed by atoms with Crippen LogP contribution in [-0.4, -0.2) is 4.98 Å². The second kappa shape index (κ2) is 7.41. The summed E-state index contributed by atoms with van der Waals surface area (Å²) in [7, 11) is 0. The second-order valence-electron chi connectivity index (χ2n) is 6.45. The first kappa shape index (κ1) is 15.7. The van der Waals surface area contributed by atoms with Gasteiger partial charge in [0.15, 0.2) is 0 Å². The van der Waals surface area contributed by atoms with Crippen LogP contribution in [0, 0.1) is 6.92 Å². The van der Waals surface area contributed by atoms with Crippen molar-refractivity contribution in [1.29, 1.82) is 0 Å². The van der Waals surface area contributed by atoms with Crippen LogP contribution in [-0.2, 0) is 12.8 Å². The molecule has 1 heterocycles.